The van der Waals surface area contributed by atoms with Gasteiger partial charge in [0.2, 0.25) is 5.91 Å². The van der Waals surface area contributed by atoms with Crippen molar-refractivity contribution in [2.45, 2.75) is 26.7 Å². The Morgan fingerprint density at radius 1 is 0.811 bits per heavy atom. The Balaban J connectivity index is 1.21. The van der Waals surface area contributed by atoms with Crippen LogP contribution in [0.15, 0.2) is 60.7 Å². The summed E-state index contributed by atoms with van der Waals surface area (Å²) in [7, 11) is 0. The number of aromatic nitrogens is 4. The van der Waals surface area contributed by atoms with Gasteiger partial charge in [-0.05, 0) is 51.0 Å². The fourth-order valence-corrected chi connectivity index (χ4v) is 5.80. The van der Waals surface area contributed by atoms with E-state index in [9.17, 15) is 4.79 Å². The molecule has 8 heteroatoms. The van der Waals surface area contributed by atoms with Gasteiger partial charge in [-0.25, -0.2) is 4.68 Å². The Morgan fingerprint density at radius 3 is 2.19 bits per heavy atom. The number of nitrogens with zero attached hydrogens (tertiary/aromatic N) is 7. The molecule has 2 aliphatic rings. The van der Waals surface area contributed by atoms with Gasteiger partial charge in [0.1, 0.15) is 5.52 Å². The van der Waals surface area contributed by atoms with Crippen molar-refractivity contribution in [3.05, 3.63) is 72.1 Å². The van der Waals surface area contributed by atoms with Crippen molar-refractivity contribution < 1.29 is 4.79 Å². The van der Waals surface area contributed by atoms with Crippen LogP contribution in [0.25, 0.3) is 16.6 Å². The van der Waals surface area contributed by atoms with E-state index in [2.05, 4.69) is 68.2 Å². The number of hydrogen-bond acceptors (Lipinski definition) is 6. The number of carbonyl (C=O) groups is 1. The van der Waals surface area contributed by atoms with E-state index in [1.165, 1.54) is 5.69 Å². The van der Waals surface area contributed by atoms with Crippen molar-refractivity contribution >= 4 is 28.3 Å². The van der Waals surface area contributed by atoms with E-state index < -0.39 is 0 Å². The number of amides is 1. The number of anilines is 2. The number of piperidine rings is 1. The summed E-state index contributed by atoms with van der Waals surface area (Å²) >= 11 is 0. The largest absolute Gasteiger partial charge is 0.368 e. The van der Waals surface area contributed by atoms with Crippen molar-refractivity contribution in [1.82, 2.24) is 24.9 Å². The highest BCUT2D eigenvalue weighted by Gasteiger charge is 2.33. The molecule has 190 valence electrons. The Morgan fingerprint density at radius 2 is 1.49 bits per heavy atom. The average Bonchev–Trinajstić information content (AvgIpc) is 3.32. The standard InChI is InChI=1S/C29H33N7O/c1-21-26-22(2)36(25-13-7-4-8-14-25)32-27(26)28(31-30-21)35-15-9-10-23(20-35)29(37)34-18-16-33(17-19-34)24-11-5-3-6-12-24/h3-8,11-14,23H,9-10,15-20H2,1-2H3/t23-/m0/s1. The highest BCUT2D eigenvalue weighted by Crippen LogP contribution is 2.32. The van der Waals surface area contributed by atoms with Crippen molar-refractivity contribution in [2.75, 3.05) is 49.1 Å². The number of aryl methyl sites for hydroxylation is 2. The molecule has 2 aromatic carbocycles. The van der Waals surface area contributed by atoms with E-state index in [-0.39, 0.29) is 11.8 Å². The first-order valence-electron chi connectivity index (χ1n) is 13.2. The molecule has 0 saturated carbocycles. The second-order valence-corrected chi connectivity index (χ2v) is 10.1. The maximum Gasteiger partial charge on any atom is 0.227 e. The maximum absolute atomic E-state index is 13.6. The van der Waals surface area contributed by atoms with E-state index in [0.717, 1.165) is 79.4 Å². The summed E-state index contributed by atoms with van der Waals surface area (Å²) in [4.78, 5) is 20.2. The number of rotatable bonds is 4. The molecule has 4 aromatic rings. The molecule has 1 amide bonds. The smallest absolute Gasteiger partial charge is 0.227 e. The maximum atomic E-state index is 13.6. The molecule has 0 bridgehead atoms. The van der Waals surface area contributed by atoms with Gasteiger partial charge in [-0.15, -0.1) is 5.10 Å². The Kier molecular flexibility index (Phi) is 6.24. The summed E-state index contributed by atoms with van der Waals surface area (Å²) in [6, 6.07) is 20.6. The molecule has 0 unspecified atom stereocenters. The number of piperazine rings is 1. The molecular formula is C29H33N7O. The zero-order valence-electron chi connectivity index (χ0n) is 21.5. The minimum atomic E-state index is -0.0347. The highest BCUT2D eigenvalue weighted by atomic mass is 16.2. The lowest BCUT2D eigenvalue weighted by Crippen LogP contribution is -2.52. The van der Waals surface area contributed by atoms with E-state index in [1.54, 1.807) is 0 Å². The van der Waals surface area contributed by atoms with Gasteiger partial charge in [0.25, 0.3) is 0 Å². The minimum Gasteiger partial charge on any atom is -0.368 e. The predicted octanol–water partition coefficient (Wildman–Crippen LogP) is 4.00. The van der Waals surface area contributed by atoms with E-state index in [0.29, 0.717) is 6.54 Å². The first kappa shape index (κ1) is 23.5. The minimum absolute atomic E-state index is 0.0347. The summed E-state index contributed by atoms with van der Waals surface area (Å²) in [5.41, 5.74) is 5.03. The topological polar surface area (TPSA) is 70.4 Å². The third-order valence-corrected chi connectivity index (χ3v) is 7.77. The van der Waals surface area contributed by atoms with E-state index in [1.807, 2.05) is 35.9 Å². The first-order chi connectivity index (χ1) is 18.1. The van der Waals surface area contributed by atoms with Gasteiger partial charge in [0, 0.05) is 45.0 Å². The zero-order chi connectivity index (χ0) is 25.4. The van der Waals surface area contributed by atoms with Gasteiger partial charge < -0.3 is 14.7 Å². The van der Waals surface area contributed by atoms with E-state index in [4.69, 9.17) is 5.10 Å². The summed E-state index contributed by atoms with van der Waals surface area (Å²) < 4.78 is 1.98. The molecule has 0 radical (unpaired) electrons. The van der Waals surface area contributed by atoms with Crippen molar-refractivity contribution in [3.63, 3.8) is 0 Å². The SMILES string of the molecule is Cc1nnc(N2CCC[C@H](C(=O)N3CCN(c4ccccc4)CC3)C2)c2nn(-c3ccccc3)c(C)c12. The number of benzene rings is 2. The molecule has 2 saturated heterocycles. The molecule has 4 heterocycles. The third-order valence-electron chi connectivity index (χ3n) is 7.77. The van der Waals surface area contributed by atoms with Gasteiger partial charge >= 0.3 is 0 Å². The highest BCUT2D eigenvalue weighted by molar-refractivity contribution is 5.92. The Bertz CT molecular complexity index is 1390. The number of fused-ring (bicyclic) bond motifs is 1. The molecule has 2 fully saturated rings. The molecule has 0 aliphatic carbocycles. The zero-order valence-corrected chi connectivity index (χ0v) is 21.5. The quantitative estimate of drug-likeness (QED) is 0.426. The van der Waals surface area contributed by atoms with Crippen LogP contribution in [0.5, 0.6) is 0 Å². The normalized spacial score (nSPS) is 18.4. The van der Waals surface area contributed by atoms with Crippen molar-refractivity contribution in [3.8, 4) is 5.69 Å². The van der Waals surface area contributed by atoms with Crippen LogP contribution < -0.4 is 9.80 Å². The third kappa shape index (κ3) is 4.41. The Labute approximate surface area is 217 Å². The molecule has 6 rings (SSSR count). The molecule has 0 N–H and O–H groups in total. The van der Waals surface area contributed by atoms with Crippen LogP contribution in [-0.2, 0) is 4.79 Å². The number of para-hydroxylation sites is 2. The molecule has 1 atom stereocenters. The van der Waals surface area contributed by atoms with Crippen LogP contribution in [-0.4, -0.2) is 70.1 Å². The molecule has 0 spiro atoms. The van der Waals surface area contributed by atoms with Crippen LogP contribution in [0.2, 0.25) is 0 Å². The van der Waals surface area contributed by atoms with Gasteiger partial charge in [0.15, 0.2) is 5.82 Å². The first-order valence-corrected chi connectivity index (χ1v) is 13.2. The summed E-state index contributed by atoms with van der Waals surface area (Å²) in [5, 5.41) is 15.1. The van der Waals surface area contributed by atoms with Gasteiger partial charge in [-0.2, -0.15) is 10.2 Å². The summed E-state index contributed by atoms with van der Waals surface area (Å²) in [6.45, 7) is 8.84. The second kappa shape index (κ2) is 9.84. The van der Waals surface area contributed by atoms with Crippen LogP contribution in [0.4, 0.5) is 11.5 Å². The lowest BCUT2D eigenvalue weighted by molar-refractivity contribution is -0.136. The summed E-state index contributed by atoms with van der Waals surface area (Å²) in [6.07, 6.45) is 1.87. The van der Waals surface area contributed by atoms with Gasteiger partial charge in [0.05, 0.1) is 28.4 Å². The monoisotopic (exact) mass is 495 g/mol. The van der Waals surface area contributed by atoms with Crippen LogP contribution in [0, 0.1) is 19.8 Å². The van der Waals surface area contributed by atoms with Crippen LogP contribution >= 0.6 is 0 Å². The predicted molar refractivity (Wildman–Crippen MR) is 146 cm³/mol. The van der Waals surface area contributed by atoms with Gasteiger partial charge in [-0.1, -0.05) is 36.4 Å². The molecule has 2 aromatic heterocycles. The summed E-state index contributed by atoms with van der Waals surface area (Å²) in [5.74, 6) is 1.01. The number of hydrogen-bond donors (Lipinski definition) is 0. The van der Waals surface area contributed by atoms with E-state index >= 15 is 0 Å². The molecule has 8 nitrogen and oxygen atoms in total. The number of carbonyl (C=O) groups excluding carboxylic acids is 1. The van der Waals surface area contributed by atoms with Crippen LogP contribution in [0.3, 0.4) is 0 Å². The fraction of sp³-hybridized carbons (Fsp3) is 0.379. The fourth-order valence-electron chi connectivity index (χ4n) is 5.80. The average molecular weight is 496 g/mol. The molecular weight excluding hydrogens is 462 g/mol. The van der Waals surface area contributed by atoms with Crippen molar-refractivity contribution in [1.29, 1.82) is 0 Å². The second-order valence-electron chi connectivity index (χ2n) is 10.1. The molecule has 2 aliphatic heterocycles. The lowest BCUT2D eigenvalue weighted by atomic mass is 9.96. The lowest BCUT2D eigenvalue weighted by Gasteiger charge is -2.40. The van der Waals surface area contributed by atoms with Crippen LogP contribution in [0.1, 0.15) is 24.2 Å². The molecule has 37 heavy (non-hydrogen) atoms. The van der Waals surface area contributed by atoms with Crippen molar-refractivity contribution in [2.24, 2.45) is 5.92 Å². The Hall–Kier alpha value is -3.94. The van der Waals surface area contributed by atoms with Gasteiger partial charge in [-0.3, -0.25) is 4.79 Å².